The summed E-state index contributed by atoms with van der Waals surface area (Å²) in [5.41, 5.74) is 3.32. The second-order valence-corrected chi connectivity index (χ2v) is 10.8. The Bertz CT molecular complexity index is 1230. The van der Waals surface area contributed by atoms with Gasteiger partial charge in [-0.25, -0.2) is 9.59 Å². The zero-order valence-corrected chi connectivity index (χ0v) is 24.1. The first kappa shape index (κ1) is 35.8. The molecule has 45 heavy (non-hydrogen) atoms. The third-order valence-corrected chi connectivity index (χ3v) is 7.37. The molecular weight excluding hydrogens is 612 g/mol. The number of halogens is 6. The predicted molar refractivity (Wildman–Crippen MR) is 150 cm³/mol. The number of nitrogens with zero attached hydrogens (tertiary/aromatic N) is 1. The van der Waals surface area contributed by atoms with Crippen molar-refractivity contribution < 1.29 is 55.7 Å². The van der Waals surface area contributed by atoms with Crippen LogP contribution in [0.15, 0.2) is 54.6 Å². The van der Waals surface area contributed by atoms with Crippen molar-refractivity contribution in [2.45, 2.75) is 49.6 Å². The number of rotatable bonds is 9. The topological polar surface area (TPSA) is 128 Å². The van der Waals surface area contributed by atoms with Gasteiger partial charge in [-0.15, -0.1) is 0 Å². The monoisotopic (exact) mass is 647 g/mol. The van der Waals surface area contributed by atoms with Crippen molar-refractivity contribution in [1.29, 1.82) is 0 Å². The zero-order valence-electron chi connectivity index (χ0n) is 24.1. The summed E-state index contributed by atoms with van der Waals surface area (Å²) in [5, 5.41) is 21.1. The highest BCUT2D eigenvalue weighted by atomic mass is 19.4. The molecule has 3 aliphatic rings. The molecule has 0 aromatic heterocycles. The van der Waals surface area contributed by atoms with E-state index in [9.17, 15) is 31.1 Å². The molecule has 3 atom stereocenters. The number of morpholine rings is 1. The lowest BCUT2D eigenvalue weighted by molar-refractivity contribution is -0.193. The smallest absolute Gasteiger partial charge is 0.475 e. The van der Waals surface area contributed by atoms with E-state index in [1.54, 1.807) is 0 Å². The quantitative estimate of drug-likeness (QED) is 0.291. The highest BCUT2D eigenvalue weighted by Crippen LogP contribution is 2.41. The number of carboxylic acids is 2. The maximum absolute atomic E-state index is 12.8. The van der Waals surface area contributed by atoms with Crippen molar-refractivity contribution in [3.63, 3.8) is 0 Å². The molecule has 2 aromatic rings. The summed E-state index contributed by atoms with van der Waals surface area (Å²) in [4.78, 5) is 33.0. The van der Waals surface area contributed by atoms with Crippen molar-refractivity contribution in [2.75, 3.05) is 39.4 Å². The van der Waals surface area contributed by atoms with Crippen molar-refractivity contribution in [3.8, 4) is 0 Å². The summed E-state index contributed by atoms with van der Waals surface area (Å²) < 4.78 is 69.0. The van der Waals surface area contributed by atoms with Gasteiger partial charge in [0.05, 0.1) is 19.3 Å². The standard InChI is InChI=1S/C26H33N3O2.2C2HF3O2/c30-26(22-10-8-20(9-11-22)23-16-24(23)27-17-19-6-7-19)28-18-25(21-4-2-1-3-5-21)29-12-14-31-15-13-29;2*3-2(4,5)1(6)7/h1-5,8-11,19,23-25,27H,6-7,12-18H2,(H,28,30);2*(H,6,7)/t23-,24+,25?;;/m0../s1. The fourth-order valence-corrected chi connectivity index (χ4v) is 4.62. The van der Waals surface area contributed by atoms with Gasteiger partial charge in [-0.1, -0.05) is 42.5 Å². The van der Waals surface area contributed by atoms with Gasteiger partial charge >= 0.3 is 24.3 Å². The van der Waals surface area contributed by atoms with Crippen LogP contribution in [0, 0.1) is 5.92 Å². The number of nitrogens with one attached hydrogen (secondary N) is 2. The summed E-state index contributed by atoms with van der Waals surface area (Å²) in [5.74, 6) is -3.98. The molecule has 3 fully saturated rings. The predicted octanol–water partition coefficient (Wildman–Crippen LogP) is 4.61. The van der Waals surface area contributed by atoms with Gasteiger partial charge in [0.15, 0.2) is 0 Å². The molecule has 2 aromatic carbocycles. The Morgan fingerprint density at radius 3 is 1.89 bits per heavy atom. The normalized spacial score (nSPS) is 20.4. The van der Waals surface area contributed by atoms with Crippen LogP contribution in [-0.2, 0) is 14.3 Å². The fourth-order valence-electron chi connectivity index (χ4n) is 4.62. The minimum Gasteiger partial charge on any atom is -0.475 e. The van der Waals surface area contributed by atoms with Crippen molar-refractivity contribution in [2.24, 2.45) is 5.92 Å². The number of amides is 1. The van der Waals surface area contributed by atoms with Gasteiger partial charge in [0.25, 0.3) is 5.91 Å². The van der Waals surface area contributed by atoms with Crippen LogP contribution in [0.1, 0.15) is 52.7 Å². The Kier molecular flexibility index (Phi) is 12.8. The lowest BCUT2D eigenvalue weighted by Crippen LogP contribution is -2.43. The maximum Gasteiger partial charge on any atom is 0.490 e. The maximum atomic E-state index is 12.8. The number of aliphatic carboxylic acids is 2. The van der Waals surface area contributed by atoms with Gasteiger partial charge in [0.1, 0.15) is 0 Å². The van der Waals surface area contributed by atoms with Gasteiger partial charge in [-0.3, -0.25) is 9.69 Å². The van der Waals surface area contributed by atoms with Crippen LogP contribution in [0.3, 0.4) is 0 Å². The highest BCUT2D eigenvalue weighted by Gasteiger charge is 2.40. The van der Waals surface area contributed by atoms with E-state index in [4.69, 9.17) is 24.5 Å². The molecular formula is C30H35F6N3O6. The number of carbonyl (C=O) groups is 3. The molecule has 0 spiro atoms. The average Bonchev–Trinajstić information content (AvgIpc) is 3.93. The van der Waals surface area contributed by atoms with E-state index in [1.807, 2.05) is 18.2 Å². The molecule has 2 aliphatic carbocycles. The fraction of sp³-hybridized carbons (Fsp3) is 0.500. The second-order valence-electron chi connectivity index (χ2n) is 10.8. The Hall–Kier alpha value is -3.69. The van der Waals surface area contributed by atoms with E-state index in [-0.39, 0.29) is 11.9 Å². The first-order chi connectivity index (χ1) is 21.2. The van der Waals surface area contributed by atoms with E-state index in [1.165, 1.54) is 36.9 Å². The molecule has 1 aliphatic heterocycles. The lowest BCUT2D eigenvalue weighted by Gasteiger charge is -2.35. The van der Waals surface area contributed by atoms with Crippen molar-refractivity contribution in [1.82, 2.24) is 15.5 Å². The minimum absolute atomic E-state index is 0.0000501. The van der Waals surface area contributed by atoms with Crippen LogP contribution < -0.4 is 10.6 Å². The highest BCUT2D eigenvalue weighted by molar-refractivity contribution is 5.94. The van der Waals surface area contributed by atoms with Gasteiger partial charge in [0.2, 0.25) is 0 Å². The number of benzene rings is 2. The summed E-state index contributed by atoms with van der Waals surface area (Å²) in [6, 6.07) is 19.5. The molecule has 1 unspecified atom stereocenters. The SMILES string of the molecule is O=C(NCC(c1ccccc1)N1CCOCC1)c1ccc([C@@H]2C[C@H]2NCC2CC2)cc1.O=C(O)C(F)(F)F.O=C(O)C(F)(F)F. The number of ether oxygens (including phenoxy) is 1. The number of alkyl halides is 6. The van der Waals surface area contributed by atoms with Crippen molar-refractivity contribution in [3.05, 3.63) is 71.3 Å². The van der Waals surface area contributed by atoms with E-state index >= 15 is 0 Å². The van der Waals surface area contributed by atoms with E-state index in [0.29, 0.717) is 18.5 Å². The molecule has 4 N–H and O–H groups in total. The third-order valence-electron chi connectivity index (χ3n) is 7.37. The Labute approximate surface area is 255 Å². The Morgan fingerprint density at radius 2 is 1.40 bits per heavy atom. The van der Waals surface area contributed by atoms with Gasteiger partial charge in [-0.05, 0) is 55.0 Å². The van der Waals surface area contributed by atoms with Crippen LogP contribution in [0.2, 0.25) is 0 Å². The first-order valence-electron chi connectivity index (χ1n) is 14.2. The van der Waals surface area contributed by atoms with E-state index in [0.717, 1.165) is 37.8 Å². The molecule has 2 saturated carbocycles. The van der Waals surface area contributed by atoms with Gasteiger partial charge in [0, 0.05) is 37.2 Å². The molecule has 9 nitrogen and oxygen atoms in total. The molecule has 1 saturated heterocycles. The van der Waals surface area contributed by atoms with E-state index in [2.05, 4.69) is 51.9 Å². The summed E-state index contributed by atoms with van der Waals surface area (Å²) in [6.07, 6.45) is -6.16. The van der Waals surface area contributed by atoms with Crippen LogP contribution in [0.5, 0.6) is 0 Å². The average molecular weight is 648 g/mol. The molecule has 0 radical (unpaired) electrons. The number of carboxylic acid groups (broad SMARTS) is 2. The Balaban J connectivity index is 0.000000331. The largest absolute Gasteiger partial charge is 0.490 e. The Morgan fingerprint density at radius 1 is 0.867 bits per heavy atom. The number of carbonyl (C=O) groups excluding carboxylic acids is 1. The molecule has 15 heteroatoms. The third kappa shape index (κ3) is 12.3. The molecule has 1 amide bonds. The molecule has 5 rings (SSSR count). The van der Waals surface area contributed by atoms with Crippen LogP contribution >= 0.6 is 0 Å². The molecule has 0 bridgehead atoms. The zero-order chi connectivity index (χ0) is 33.2. The van der Waals surface area contributed by atoms with Crippen LogP contribution in [-0.4, -0.2) is 90.7 Å². The van der Waals surface area contributed by atoms with Gasteiger partial charge in [-0.2, -0.15) is 26.3 Å². The van der Waals surface area contributed by atoms with Gasteiger partial charge < -0.3 is 25.6 Å². The molecule has 248 valence electrons. The second kappa shape index (κ2) is 16.0. The summed E-state index contributed by atoms with van der Waals surface area (Å²) >= 11 is 0. The summed E-state index contributed by atoms with van der Waals surface area (Å²) in [7, 11) is 0. The van der Waals surface area contributed by atoms with Crippen LogP contribution in [0.25, 0.3) is 0 Å². The number of hydrogen-bond acceptors (Lipinski definition) is 6. The van der Waals surface area contributed by atoms with E-state index < -0.39 is 24.3 Å². The summed E-state index contributed by atoms with van der Waals surface area (Å²) in [6.45, 7) is 5.05. The molecule has 1 heterocycles. The lowest BCUT2D eigenvalue weighted by atomic mass is 10.0. The number of hydrogen-bond donors (Lipinski definition) is 4. The van der Waals surface area contributed by atoms with Crippen LogP contribution in [0.4, 0.5) is 26.3 Å². The minimum atomic E-state index is -5.08. The van der Waals surface area contributed by atoms with Crippen molar-refractivity contribution >= 4 is 17.8 Å². The first-order valence-corrected chi connectivity index (χ1v) is 14.2.